The molecule has 0 radical (unpaired) electrons. The van der Waals surface area contributed by atoms with Crippen molar-refractivity contribution in [2.45, 2.75) is 19.2 Å². The number of ether oxygens (including phenoxy) is 1. The average Bonchev–Trinajstić information content (AvgIpc) is 3.05. The molecule has 8 heteroatoms. The van der Waals surface area contributed by atoms with Crippen LogP contribution in [0.25, 0.3) is 0 Å². The maximum Gasteiger partial charge on any atom is 0.202 e. The van der Waals surface area contributed by atoms with E-state index in [1.807, 2.05) is 18.2 Å². The van der Waals surface area contributed by atoms with E-state index in [1.54, 1.807) is 24.2 Å². The van der Waals surface area contributed by atoms with Crippen LogP contribution in [0.2, 0.25) is 0 Å². The van der Waals surface area contributed by atoms with Crippen LogP contribution in [-0.2, 0) is 17.9 Å². The number of hydrogen-bond donors (Lipinski definition) is 2. The van der Waals surface area contributed by atoms with E-state index >= 15 is 0 Å². The maximum atomic E-state index is 13.9. The first kappa shape index (κ1) is 19.7. The van der Waals surface area contributed by atoms with Crippen molar-refractivity contribution in [2.75, 3.05) is 13.6 Å². The number of halogens is 3. The van der Waals surface area contributed by atoms with Crippen molar-refractivity contribution in [1.29, 1.82) is 5.26 Å². The van der Waals surface area contributed by atoms with Crippen molar-refractivity contribution >= 4 is 0 Å². The van der Waals surface area contributed by atoms with Crippen LogP contribution < -0.4 is 10.7 Å². The summed E-state index contributed by atoms with van der Waals surface area (Å²) in [6, 6.07) is 10.5. The Morgan fingerprint density at radius 3 is 2.64 bits per heavy atom. The summed E-state index contributed by atoms with van der Waals surface area (Å²) in [5.41, 5.74) is 4.46. The van der Waals surface area contributed by atoms with Crippen molar-refractivity contribution in [3.05, 3.63) is 82.5 Å². The molecule has 146 valence electrons. The molecule has 1 unspecified atom stereocenters. The zero-order chi connectivity index (χ0) is 20.1. The van der Waals surface area contributed by atoms with E-state index in [1.165, 1.54) is 0 Å². The average molecular weight is 388 g/mol. The highest BCUT2D eigenvalue weighted by Gasteiger charge is 2.25. The van der Waals surface area contributed by atoms with Gasteiger partial charge in [-0.05, 0) is 30.8 Å². The Morgan fingerprint density at radius 2 is 1.89 bits per heavy atom. The van der Waals surface area contributed by atoms with Crippen molar-refractivity contribution in [2.24, 2.45) is 0 Å². The highest BCUT2D eigenvalue weighted by molar-refractivity contribution is 5.37. The second kappa shape index (κ2) is 8.78. The van der Waals surface area contributed by atoms with Gasteiger partial charge in [-0.3, -0.25) is 5.01 Å². The number of hydrogen-bond acceptors (Lipinski definition) is 5. The van der Waals surface area contributed by atoms with Crippen molar-refractivity contribution in [3.63, 3.8) is 0 Å². The topological polar surface area (TPSA) is 60.3 Å². The second-order valence-electron chi connectivity index (χ2n) is 6.30. The maximum absolute atomic E-state index is 13.9. The third kappa shape index (κ3) is 4.44. The lowest BCUT2D eigenvalue weighted by atomic mass is 10.1. The van der Waals surface area contributed by atoms with E-state index < -0.39 is 17.5 Å². The Balaban J connectivity index is 1.76. The van der Waals surface area contributed by atoms with Crippen molar-refractivity contribution in [1.82, 2.24) is 15.8 Å². The fourth-order valence-corrected chi connectivity index (χ4v) is 2.90. The molecule has 1 aliphatic rings. The van der Waals surface area contributed by atoms with E-state index in [4.69, 9.17) is 4.74 Å². The number of hydrazine groups is 1. The monoisotopic (exact) mass is 388 g/mol. The lowest BCUT2D eigenvalue weighted by Gasteiger charge is -2.24. The molecule has 0 bridgehead atoms. The van der Waals surface area contributed by atoms with E-state index in [0.717, 1.165) is 11.6 Å². The molecular formula is C20H19F3N4O. The van der Waals surface area contributed by atoms with Crippen LogP contribution in [0.15, 0.2) is 48.4 Å². The number of likely N-dealkylation sites (N-methyl/N-ethyl adjacent to an activating group) is 1. The molecule has 2 aromatic carbocycles. The molecule has 1 aliphatic heterocycles. The van der Waals surface area contributed by atoms with E-state index in [9.17, 15) is 18.4 Å². The molecule has 0 aliphatic carbocycles. The molecule has 0 fully saturated rings. The number of benzene rings is 2. The standard InChI is InChI=1S/C20H19F3N4O/c1-25-10-16-7-20(28-12-15-6-18(22)19(23)8-17(15)21)27(26-16)11-14-5-3-2-4-13(14)9-24/h2-8,16,25-26H,10-12H2,1H3. The summed E-state index contributed by atoms with van der Waals surface area (Å²) < 4.78 is 46.0. The van der Waals surface area contributed by atoms with Crippen LogP contribution in [-0.4, -0.2) is 24.6 Å². The summed E-state index contributed by atoms with van der Waals surface area (Å²) in [4.78, 5) is 0. The summed E-state index contributed by atoms with van der Waals surface area (Å²) in [5.74, 6) is -2.84. The molecular weight excluding hydrogens is 369 g/mol. The number of rotatable bonds is 7. The predicted octanol–water partition coefficient (Wildman–Crippen LogP) is 2.94. The Kier molecular flexibility index (Phi) is 6.19. The Bertz CT molecular complexity index is 926. The van der Waals surface area contributed by atoms with Gasteiger partial charge in [0.15, 0.2) is 11.6 Å². The van der Waals surface area contributed by atoms with Crippen LogP contribution >= 0.6 is 0 Å². The molecule has 28 heavy (non-hydrogen) atoms. The molecule has 3 rings (SSSR count). The first-order valence-electron chi connectivity index (χ1n) is 8.66. The molecule has 0 saturated carbocycles. The summed E-state index contributed by atoms with van der Waals surface area (Å²) in [5, 5.41) is 14.0. The van der Waals surface area contributed by atoms with Gasteiger partial charge in [-0.2, -0.15) is 5.26 Å². The molecule has 0 aromatic heterocycles. The second-order valence-corrected chi connectivity index (χ2v) is 6.30. The minimum atomic E-state index is -1.24. The highest BCUT2D eigenvalue weighted by atomic mass is 19.2. The van der Waals surface area contributed by atoms with Gasteiger partial charge in [0.1, 0.15) is 12.4 Å². The highest BCUT2D eigenvalue weighted by Crippen LogP contribution is 2.22. The fourth-order valence-electron chi connectivity index (χ4n) is 2.90. The SMILES string of the molecule is CNCC1C=C(OCc2cc(F)c(F)cc2F)N(Cc2ccccc2C#N)N1. The molecule has 1 heterocycles. The molecule has 5 nitrogen and oxygen atoms in total. The minimum absolute atomic E-state index is 0.0796. The largest absolute Gasteiger partial charge is 0.473 e. The zero-order valence-electron chi connectivity index (χ0n) is 15.2. The van der Waals surface area contributed by atoms with Crippen LogP contribution in [0.4, 0.5) is 13.2 Å². The summed E-state index contributed by atoms with van der Waals surface area (Å²) in [7, 11) is 1.81. The Hall–Kier alpha value is -3.02. The third-order valence-corrected chi connectivity index (χ3v) is 4.29. The smallest absolute Gasteiger partial charge is 0.202 e. The normalized spacial score (nSPS) is 16.0. The van der Waals surface area contributed by atoms with Crippen LogP contribution in [0.3, 0.4) is 0 Å². The van der Waals surface area contributed by atoms with Gasteiger partial charge in [0.25, 0.3) is 0 Å². The van der Waals surface area contributed by atoms with E-state index in [2.05, 4.69) is 16.8 Å². The van der Waals surface area contributed by atoms with E-state index in [-0.39, 0.29) is 18.2 Å². The third-order valence-electron chi connectivity index (χ3n) is 4.29. The molecule has 0 saturated heterocycles. The quantitative estimate of drug-likeness (QED) is 0.715. The molecule has 2 aromatic rings. The first-order valence-corrected chi connectivity index (χ1v) is 8.66. The lowest BCUT2D eigenvalue weighted by molar-refractivity contribution is 0.0778. The number of nitrogens with one attached hydrogen (secondary N) is 2. The van der Waals surface area contributed by atoms with Crippen LogP contribution in [0.5, 0.6) is 0 Å². The minimum Gasteiger partial charge on any atom is -0.473 e. The van der Waals surface area contributed by atoms with Gasteiger partial charge >= 0.3 is 0 Å². The summed E-state index contributed by atoms with van der Waals surface area (Å²) >= 11 is 0. The molecule has 1 atom stereocenters. The molecule has 2 N–H and O–H groups in total. The zero-order valence-corrected chi connectivity index (χ0v) is 15.2. The van der Waals surface area contributed by atoms with Crippen molar-refractivity contribution in [3.8, 4) is 6.07 Å². The molecule has 0 spiro atoms. The predicted molar refractivity (Wildman–Crippen MR) is 96.7 cm³/mol. The van der Waals surface area contributed by atoms with Gasteiger partial charge in [-0.1, -0.05) is 18.2 Å². The van der Waals surface area contributed by atoms with Gasteiger partial charge in [0.2, 0.25) is 5.88 Å². The van der Waals surface area contributed by atoms with Gasteiger partial charge in [0, 0.05) is 18.2 Å². The van der Waals surface area contributed by atoms with Gasteiger partial charge in [-0.25, -0.2) is 18.6 Å². The van der Waals surface area contributed by atoms with Gasteiger partial charge in [0.05, 0.1) is 24.2 Å². The Labute approximate surface area is 161 Å². The van der Waals surface area contributed by atoms with Crippen LogP contribution in [0.1, 0.15) is 16.7 Å². The molecule has 0 amide bonds. The number of nitriles is 1. The van der Waals surface area contributed by atoms with Crippen LogP contribution in [0, 0.1) is 28.8 Å². The van der Waals surface area contributed by atoms with Crippen molar-refractivity contribution < 1.29 is 17.9 Å². The van der Waals surface area contributed by atoms with Gasteiger partial charge in [-0.15, -0.1) is 0 Å². The summed E-state index contributed by atoms with van der Waals surface area (Å²) in [6.07, 6.45) is 1.81. The first-order chi connectivity index (χ1) is 13.5. The number of nitrogens with zero attached hydrogens (tertiary/aromatic N) is 2. The van der Waals surface area contributed by atoms with E-state index in [0.29, 0.717) is 30.6 Å². The van der Waals surface area contributed by atoms with Gasteiger partial charge < -0.3 is 10.1 Å². The summed E-state index contributed by atoms with van der Waals surface area (Å²) in [6.45, 7) is 0.693. The fraction of sp³-hybridized carbons (Fsp3) is 0.250. The Morgan fingerprint density at radius 1 is 1.14 bits per heavy atom. The lowest BCUT2D eigenvalue weighted by Crippen LogP contribution is -2.41.